The molecule has 0 saturated carbocycles. The molecule has 0 radical (unpaired) electrons. The third-order valence-corrected chi connectivity index (χ3v) is 16.4. The zero-order valence-electron chi connectivity index (χ0n) is 66.3. The summed E-state index contributed by atoms with van der Waals surface area (Å²) in [5.74, 6) is 0. The van der Waals surface area contributed by atoms with E-state index in [0.29, 0.717) is 0 Å². The Balaban J connectivity index is -0.00000104. The molecule has 0 fully saturated rings. The van der Waals surface area contributed by atoms with Crippen LogP contribution in [0.2, 0.25) is 0 Å². The number of fused-ring (bicyclic) bond motifs is 14. The van der Waals surface area contributed by atoms with Crippen LogP contribution in [-0.2, 0) is 16.2 Å². The fraction of sp³-hybridized carbons (Fsp3) is 0.484. The summed E-state index contributed by atoms with van der Waals surface area (Å²) in [6.07, 6.45) is 15.8. The van der Waals surface area contributed by atoms with Crippen molar-refractivity contribution in [3.63, 3.8) is 0 Å². The smallest absolute Gasteiger partial charge is 0.0165 e. The molecule has 0 bridgehead atoms. The minimum Gasteiger partial charge on any atom is -0.0683 e. The summed E-state index contributed by atoms with van der Waals surface area (Å²) in [6.45, 7) is 64.1. The molecule has 0 amide bonds. The molecule has 9 aromatic rings. The highest BCUT2D eigenvalue weighted by molar-refractivity contribution is 6.02. The van der Waals surface area contributed by atoms with Gasteiger partial charge in [-0.15, -0.1) is 0 Å². The molecule has 0 heterocycles. The summed E-state index contributed by atoms with van der Waals surface area (Å²) in [6, 6.07) is 66.2. The average Bonchev–Trinajstić information content (AvgIpc) is 1.60. The van der Waals surface area contributed by atoms with Gasteiger partial charge in [-0.05, 0) is 111 Å². The van der Waals surface area contributed by atoms with Gasteiger partial charge in [-0.3, -0.25) is 0 Å². The Morgan fingerprint density at radius 2 is 0.484 bits per heavy atom. The van der Waals surface area contributed by atoms with E-state index >= 15 is 0 Å². The third kappa shape index (κ3) is 26.1. The van der Waals surface area contributed by atoms with Crippen LogP contribution in [0.5, 0.6) is 0 Å². The summed E-state index contributed by atoms with van der Waals surface area (Å²) >= 11 is 0. The zero-order chi connectivity index (χ0) is 71.6. The molecule has 0 aromatic heterocycles. The van der Waals surface area contributed by atoms with Crippen molar-refractivity contribution in [3.05, 3.63) is 215 Å². The largest absolute Gasteiger partial charge is 0.0683 e. The van der Waals surface area contributed by atoms with Crippen molar-refractivity contribution in [1.82, 2.24) is 0 Å². The molecule has 0 unspecified atom stereocenters. The minimum atomic E-state index is 0.0901. The summed E-state index contributed by atoms with van der Waals surface area (Å²) < 4.78 is 0. The molecule has 0 spiro atoms. The molecule has 0 aliphatic heterocycles. The van der Waals surface area contributed by atoms with Crippen molar-refractivity contribution in [1.29, 1.82) is 0 Å². The predicted octanol–water partition coefficient (Wildman–Crippen LogP) is 32.4. The lowest BCUT2D eigenvalue weighted by molar-refractivity contribution is 0.661. The molecule has 12 rings (SSSR count). The molecular formula is C93H144. The van der Waals surface area contributed by atoms with E-state index in [-0.39, 0.29) is 16.2 Å². The van der Waals surface area contributed by atoms with Gasteiger partial charge in [0.15, 0.2) is 0 Å². The van der Waals surface area contributed by atoms with E-state index in [9.17, 15) is 0 Å². The number of rotatable bonds is 6. The Morgan fingerprint density at radius 1 is 0.204 bits per heavy atom. The average molecular weight is 1260 g/mol. The Kier molecular flexibility index (Phi) is 51.9. The SMILES string of the molecule is CC.CC.CC.CC.CC.CC.CC1(C)c2ccccc2-c2c1ccc1ccccc21.CC1(C)c2ccccc2-c2cc3ccccc3cc21.CC1(C)c2ccccc2-c2ccc3ccccc3c21.CCCC.CCCC.CCCC.CCCC.CCCC.CCCC. The highest BCUT2D eigenvalue weighted by Gasteiger charge is 2.38. The second-order valence-corrected chi connectivity index (χ2v) is 23.7. The van der Waals surface area contributed by atoms with Gasteiger partial charge >= 0.3 is 0 Å². The van der Waals surface area contributed by atoms with Crippen molar-refractivity contribution in [2.24, 2.45) is 0 Å². The topological polar surface area (TPSA) is 0 Å². The molecular weight excluding hydrogens is 1120 g/mol. The van der Waals surface area contributed by atoms with Crippen molar-refractivity contribution < 1.29 is 0 Å². The monoisotopic (exact) mass is 1260 g/mol. The Hall–Kier alpha value is -6.24. The Bertz CT molecular complexity index is 3190. The van der Waals surface area contributed by atoms with Crippen LogP contribution in [0.15, 0.2) is 182 Å². The summed E-state index contributed by atoms with van der Waals surface area (Å²) in [5, 5.41) is 8.09. The first kappa shape index (κ1) is 91.0. The number of benzene rings is 9. The van der Waals surface area contributed by atoms with E-state index < -0.39 is 0 Å². The summed E-state index contributed by atoms with van der Waals surface area (Å²) in [5.41, 5.74) is 17.5. The first-order valence-electron chi connectivity index (χ1n) is 37.9. The quantitative estimate of drug-likeness (QED) is 0.156. The van der Waals surface area contributed by atoms with Gasteiger partial charge in [0.1, 0.15) is 0 Å². The Morgan fingerprint density at radius 3 is 0.892 bits per heavy atom. The first-order valence-corrected chi connectivity index (χ1v) is 37.9. The van der Waals surface area contributed by atoms with Gasteiger partial charge in [-0.2, -0.15) is 0 Å². The molecule has 0 saturated heterocycles. The maximum Gasteiger partial charge on any atom is 0.0165 e. The van der Waals surface area contributed by atoms with Crippen LogP contribution in [0.1, 0.15) is 318 Å². The number of unbranched alkanes of at least 4 members (excludes halogenated alkanes) is 6. The van der Waals surface area contributed by atoms with Gasteiger partial charge in [0.2, 0.25) is 0 Å². The van der Waals surface area contributed by atoms with Crippen molar-refractivity contribution in [2.45, 2.75) is 301 Å². The summed E-state index contributed by atoms with van der Waals surface area (Å²) in [7, 11) is 0. The van der Waals surface area contributed by atoms with Gasteiger partial charge in [0, 0.05) is 16.2 Å². The standard InChI is InChI=1S/3C19H16.6C4H10.6C2H6/c1-19(2)17-10-6-5-9-15(17)16-11-13-7-3-4-8-14(13)12-18(16)19;1-19(2)17-10-6-5-9-15(17)16-12-11-13-7-3-4-8-14(13)18(16)19;1-19(2)16-10-6-5-9-15(16)18-14-8-4-3-7-13(14)11-12-17(18)19;6*1-3-4-2;6*1-2/h3*3-12H,1-2H3;6*3-4H2,1-2H3;6*1-2H3. The van der Waals surface area contributed by atoms with Crippen LogP contribution in [0, 0.1) is 0 Å². The first-order chi connectivity index (χ1) is 45.0. The van der Waals surface area contributed by atoms with E-state index in [1.54, 1.807) is 0 Å². The zero-order valence-corrected chi connectivity index (χ0v) is 66.3. The molecule has 0 heteroatoms. The van der Waals surface area contributed by atoms with E-state index in [2.05, 4.69) is 307 Å². The van der Waals surface area contributed by atoms with Crippen LogP contribution in [0.25, 0.3) is 65.7 Å². The van der Waals surface area contributed by atoms with E-state index in [1.165, 1.54) is 176 Å². The van der Waals surface area contributed by atoms with Crippen LogP contribution in [0.4, 0.5) is 0 Å². The fourth-order valence-electron chi connectivity index (χ4n) is 10.4. The molecule has 3 aliphatic carbocycles. The Labute approximate surface area is 578 Å². The third-order valence-electron chi connectivity index (χ3n) is 16.4. The van der Waals surface area contributed by atoms with Gasteiger partial charge in [0.25, 0.3) is 0 Å². The summed E-state index contributed by atoms with van der Waals surface area (Å²) in [4.78, 5) is 0. The van der Waals surface area contributed by atoms with Crippen LogP contribution in [0.3, 0.4) is 0 Å². The molecule has 516 valence electrons. The lowest BCUT2D eigenvalue weighted by Gasteiger charge is -2.23. The number of hydrogen-bond acceptors (Lipinski definition) is 0. The van der Waals surface area contributed by atoms with E-state index in [1.807, 2.05) is 83.1 Å². The highest BCUT2D eigenvalue weighted by Crippen LogP contribution is 2.53. The normalized spacial score (nSPS) is 11.7. The molecule has 0 atom stereocenters. The second kappa shape index (κ2) is 53.1. The van der Waals surface area contributed by atoms with Gasteiger partial charge in [-0.1, -0.05) is 455 Å². The predicted molar refractivity (Wildman–Crippen MR) is 436 cm³/mol. The van der Waals surface area contributed by atoms with Gasteiger partial charge in [-0.25, -0.2) is 0 Å². The van der Waals surface area contributed by atoms with Crippen LogP contribution < -0.4 is 0 Å². The van der Waals surface area contributed by atoms with E-state index in [0.717, 1.165) is 0 Å². The minimum absolute atomic E-state index is 0.0901. The molecule has 3 aliphatic rings. The maximum atomic E-state index is 2.37. The van der Waals surface area contributed by atoms with Crippen LogP contribution in [-0.4, -0.2) is 0 Å². The molecule has 9 aromatic carbocycles. The second-order valence-electron chi connectivity index (χ2n) is 23.7. The molecule has 93 heavy (non-hydrogen) atoms. The van der Waals surface area contributed by atoms with Crippen LogP contribution >= 0.6 is 0 Å². The molecule has 0 N–H and O–H groups in total. The van der Waals surface area contributed by atoms with Gasteiger partial charge in [0.05, 0.1) is 0 Å². The van der Waals surface area contributed by atoms with Gasteiger partial charge < -0.3 is 0 Å². The molecule has 0 nitrogen and oxygen atoms in total. The lowest BCUT2D eigenvalue weighted by atomic mass is 9.80. The van der Waals surface area contributed by atoms with E-state index in [4.69, 9.17) is 0 Å². The fourth-order valence-corrected chi connectivity index (χ4v) is 10.4. The van der Waals surface area contributed by atoms with Crippen molar-refractivity contribution in [2.75, 3.05) is 0 Å². The maximum absolute atomic E-state index is 2.37. The lowest BCUT2D eigenvalue weighted by Crippen LogP contribution is -2.15. The van der Waals surface area contributed by atoms with Crippen molar-refractivity contribution >= 4 is 32.3 Å². The van der Waals surface area contributed by atoms with Crippen molar-refractivity contribution in [3.8, 4) is 33.4 Å². The number of hydrogen-bond donors (Lipinski definition) is 0. The highest BCUT2D eigenvalue weighted by atomic mass is 14.4.